The highest BCUT2D eigenvalue weighted by atomic mass is 16.2. The second kappa shape index (κ2) is 7.84. The van der Waals surface area contributed by atoms with Crippen molar-refractivity contribution in [3.8, 4) is 0 Å². The van der Waals surface area contributed by atoms with Gasteiger partial charge in [-0.15, -0.1) is 0 Å². The van der Waals surface area contributed by atoms with Crippen molar-refractivity contribution in [2.24, 2.45) is 11.7 Å². The summed E-state index contributed by atoms with van der Waals surface area (Å²) >= 11 is 0. The molecule has 0 aliphatic carbocycles. The molecule has 3 amide bonds. The Morgan fingerprint density at radius 1 is 1.35 bits per heavy atom. The Labute approximate surface area is 119 Å². The third kappa shape index (κ3) is 4.80. The Kier molecular flexibility index (Phi) is 7.20. The van der Waals surface area contributed by atoms with Gasteiger partial charge in [-0.1, -0.05) is 13.8 Å². The summed E-state index contributed by atoms with van der Waals surface area (Å²) in [5.41, 5.74) is 5.31. The number of hydrogen-bond donors (Lipinski definition) is 2. The first kappa shape index (κ1) is 18.4. The molecular weight excluding hydrogens is 262 g/mol. The minimum atomic E-state index is -0.572. The summed E-state index contributed by atoms with van der Waals surface area (Å²) in [6, 6.07) is -1.10. The lowest BCUT2D eigenvalue weighted by Crippen LogP contribution is -2.52. The standard InChI is InChI=1S/C13H23N3O3.H2O/c1-8(2)7-10(15-9(3)17)13(19)16-6-4-5-11(16)12(14)18;/h8,10-11H,4-7H2,1-3H3,(H2,14,18)(H,15,17);1H2. The number of amides is 3. The van der Waals surface area contributed by atoms with Crippen LogP contribution in [0.2, 0.25) is 0 Å². The molecule has 0 saturated carbocycles. The van der Waals surface area contributed by atoms with Gasteiger partial charge >= 0.3 is 0 Å². The molecule has 7 nitrogen and oxygen atoms in total. The number of nitrogens with two attached hydrogens (primary N) is 1. The zero-order valence-electron chi connectivity index (χ0n) is 12.3. The highest BCUT2D eigenvalue weighted by Gasteiger charge is 2.36. The van der Waals surface area contributed by atoms with Gasteiger partial charge in [0.25, 0.3) is 0 Å². The zero-order valence-corrected chi connectivity index (χ0v) is 12.3. The van der Waals surface area contributed by atoms with Crippen LogP contribution >= 0.6 is 0 Å². The van der Waals surface area contributed by atoms with Crippen LogP contribution in [0.5, 0.6) is 0 Å². The molecule has 0 aromatic carbocycles. The number of carbonyl (C=O) groups excluding carboxylic acids is 3. The number of primary amides is 1. The van der Waals surface area contributed by atoms with E-state index >= 15 is 0 Å². The van der Waals surface area contributed by atoms with Crippen LogP contribution in [0.1, 0.15) is 40.0 Å². The van der Waals surface area contributed by atoms with Gasteiger partial charge in [-0.2, -0.15) is 0 Å². The van der Waals surface area contributed by atoms with Gasteiger partial charge in [0, 0.05) is 13.5 Å². The Bertz CT molecular complexity index is 371. The van der Waals surface area contributed by atoms with Gasteiger partial charge in [0.05, 0.1) is 0 Å². The summed E-state index contributed by atoms with van der Waals surface area (Å²) in [5.74, 6) is -0.647. The molecule has 0 bridgehead atoms. The fourth-order valence-corrected chi connectivity index (χ4v) is 2.46. The van der Waals surface area contributed by atoms with Crippen molar-refractivity contribution >= 4 is 17.7 Å². The van der Waals surface area contributed by atoms with Crippen LogP contribution < -0.4 is 11.1 Å². The van der Waals surface area contributed by atoms with Crippen LogP contribution in [0.3, 0.4) is 0 Å². The fourth-order valence-electron chi connectivity index (χ4n) is 2.46. The monoisotopic (exact) mass is 287 g/mol. The van der Waals surface area contributed by atoms with Crippen molar-refractivity contribution in [2.75, 3.05) is 6.54 Å². The highest BCUT2D eigenvalue weighted by Crippen LogP contribution is 2.19. The fraction of sp³-hybridized carbons (Fsp3) is 0.769. The lowest BCUT2D eigenvalue weighted by Gasteiger charge is -2.28. The molecule has 1 aliphatic heterocycles. The predicted molar refractivity (Wildman–Crippen MR) is 74.6 cm³/mol. The molecule has 116 valence electrons. The van der Waals surface area contributed by atoms with Gasteiger partial charge in [-0.05, 0) is 25.2 Å². The topological polar surface area (TPSA) is 124 Å². The molecule has 20 heavy (non-hydrogen) atoms. The summed E-state index contributed by atoms with van der Waals surface area (Å²) in [4.78, 5) is 36.5. The van der Waals surface area contributed by atoms with E-state index in [1.165, 1.54) is 11.8 Å². The van der Waals surface area contributed by atoms with Gasteiger partial charge in [0.2, 0.25) is 17.7 Å². The molecule has 0 aromatic rings. The number of nitrogens with zero attached hydrogens (tertiary/aromatic N) is 1. The Morgan fingerprint density at radius 3 is 2.40 bits per heavy atom. The van der Waals surface area contributed by atoms with E-state index in [0.717, 1.165) is 6.42 Å². The van der Waals surface area contributed by atoms with E-state index in [2.05, 4.69) is 5.32 Å². The predicted octanol–water partition coefficient (Wildman–Crippen LogP) is -0.811. The minimum absolute atomic E-state index is 0. The number of rotatable bonds is 5. The number of carbonyl (C=O) groups is 3. The van der Waals surface area contributed by atoms with Gasteiger partial charge in [0.15, 0.2) is 0 Å². The van der Waals surface area contributed by atoms with Crippen molar-refractivity contribution in [3.63, 3.8) is 0 Å². The largest absolute Gasteiger partial charge is 0.412 e. The lowest BCUT2D eigenvalue weighted by molar-refractivity contribution is -0.140. The van der Waals surface area contributed by atoms with Crippen LogP contribution in [0.4, 0.5) is 0 Å². The van der Waals surface area contributed by atoms with E-state index in [9.17, 15) is 14.4 Å². The highest BCUT2D eigenvalue weighted by molar-refractivity contribution is 5.91. The summed E-state index contributed by atoms with van der Waals surface area (Å²) in [5, 5.41) is 2.67. The SMILES string of the molecule is CC(=O)NC(CC(C)C)C(=O)N1CCCC1C(N)=O.O. The lowest BCUT2D eigenvalue weighted by atomic mass is 10.0. The van der Waals surface area contributed by atoms with Crippen molar-refractivity contribution in [2.45, 2.75) is 52.1 Å². The van der Waals surface area contributed by atoms with Crippen molar-refractivity contribution < 1.29 is 19.9 Å². The molecule has 0 radical (unpaired) electrons. The van der Waals surface area contributed by atoms with E-state index < -0.39 is 18.0 Å². The second-order valence-electron chi connectivity index (χ2n) is 5.47. The Morgan fingerprint density at radius 2 is 1.95 bits per heavy atom. The quantitative estimate of drug-likeness (QED) is 0.687. The van der Waals surface area contributed by atoms with Crippen LogP contribution in [0.25, 0.3) is 0 Å². The summed E-state index contributed by atoms with van der Waals surface area (Å²) in [6.45, 7) is 5.88. The third-order valence-corrected chi connectivity index (χ3v) is 3.25. The summed E-state index contributed by atoms with van der Waals surface area (Å²) < 4.78 is 0. The van der Waals surface area contributed by atoms with E-state index in [1.54, 1.807) is 0 Å². The van der Waals surface area contributed by atoms with Crippen LogP contribution in [-0.2, 0) is 14.4 Å². The number of likely N-dealkylation sites (tertiary alicyclic amines) is 1. The van der Waals surface area contributed by atoms with Crippen LogP contribution in [0.15, 0.2) is 0 Å². The minimum Gasteiger partial charge on any atom is -0.412 e. The molecule has 1 saturated heterocycles. The molecule has 0 aromatic heterocycles. The number of nitrogens with one attached hydrogen (secondary N) is 1. The van der Waals surface area contributed by atoms with Crippen molar-refractivity contribution in [1.29, 1.82) is 0 Å². The van der Waals surface area contributed by atoms with Gasteiger partial charge in [-0.25, -0.2) is 0 Å². The molecule has 5 N–H and O–H groups in total. The molecular formula is C13H25N3O4. The van der Waals surface area contributed by atoms with E-state index in [0.29, 0.717) is 19.4 Å². The maximum absolute atomic E-state index is 12.4. The molecule has 0 spiro atoms. The summed E-state index contributed by atoms with van der Waals surface area (Å²) in [7, 11) is 0. The van der Waals surface area contributed by atoms with Crippen LogP contribution in [-0.4, -0.2) is 46.7 Å². The maximum Gasteiger partial charge on any atom is 0.245 e. The third-order valence-electron chi connectivity index (χ3n) is 3.25. The average molecular weight is 287 g/mol. The van der Waals surface area contributed by atoms with Gasteiger partial charge in [0.1, 0.15) is 12.1 Å². The molecule has 1 heterocycles. The first-order chi connectivity index (χ1) is 8.82. The van der Waals surface area contributed by atoms with Crippen molar-refractivity contribution in [1.82, 2.24) is 10.2 Å². The maximum atomic E-state index is 12.4. The van der Waals surface area contributed by atoms with E-state index in [-0.39, 0.29) is 23.2 Å². The first-order valence-corrected chi connectivity index (χ1v) is 6.69. The van der Waals surface area contributed by atoms with Gasteiger partial charge < -0.3 is 21.4 Å². The molecule has 2 atom stereocenters. The second-order valence-corrected chi connectivity index (χ2v) is 5.47. The van der Waals surface area contributed by atoms with E-state index in [4.69, 9.17) is 5.73 Å². The molecule has 2 unspecified atom stereocenters. The molecule has 1 rings (SSSR count). The molecule has 1 fully saturated rings. The van der Waals surface area contributed by atoms with Gasteiger partial charge in [-0.3, -0.25) is 14.4 Å². The summed E-state index contributed by atoms with van der Waals surface area (Å²) in [6.07, 6.45) is 1.93. The first-order valence-electron chi connectivity index (χ1n) is 6.69. The Hall–Kier alpha value is -1.63. The Balaban J connectivity index is 0.00000361. The zero-order chi connectivity index (χ0) is 14.6. The molecule has 1 aliphatic rings. The van der Waals surface area contributed by atoms with Crippen LogP contribution in [0, 0.1) is 5.92 Å². The van der Waals surface area contributed by atoms with Crippen molar-refractivity contribution in [3.05, 3.63) is 0 Å². The smallest absolute Gasteiger partial charge is 0.245 e. The van der Waals surface area contributed by atoms with E-state index in [1.807, 2.05) is 13.8 Å². The number of hydrogen-bond acceptors (Lipinski definition) is 3. The average Bonchev–Trinajstić information content (AvgIpc) is 2.74. The molecule has 7 heteroatoms. The normalized spacial score (nSPS) is 19.4.